The summed E-state index contributed by atoms with van der Waals surface area (Å²) in [6.07, 6.45) is 1.57. The quantitative estimate of drug-likeness (QED) is 0.561. The molecule has 120 valence electrons. The van der Waals surface area contributed by atoms with Gasteiger partial charge in [-0.2, -0.15) is 0 Å². The molecule has 0 aliphatic carbocycles. The Balaban J connectivity index is 1.83. The summed E-state index contributed by atoms with van der Waals surface area (Å²) in [4.78, 5) is 8.72. The molecule has 5 nitrogen and oxygen atoms in total. The lowest BCUT2D eigenvalue weighted by Crippen LogP contribution is -2.08. The fourth-order valence-electron chi connectivity index (χ4n) is 2.87. The van der Waals surface area contributed by atoms with Crippen molar-refractivity contribution in [2.75, 3.05) is 25.6 Å². The maximum atomic E-state index is 5.95. The number of para-hydroxylation sites is 1. The number of methoxy groups -OCH3 is 1. The molecule has 24 heavy (non-hydrogen) atoms. The van der Waals surface area contributed by atoms with Crippen LogP contribution < -0.4 is 5.32 Å². The molecule has 0 radical (unpaired) electrons. The van der Waals surface area contributed by atoms with Crippen molar-refractivity contribution in [3.8, 4) is 11.3 Å². The minimum Gasteiger partial charge on any atom is -0.456 e. The Morgan fingerprint density at radius 2 is 1.92 bits per heavy atom. The highest BCUT2D eigenvalue weighted by atomic mass is 16.5. The Morgan fingerprint density at radius 3 is 2.83 bits per heavy atom. The maximum absolute atomic E-state index is 5.95. The Bertz CT molecular complexity index is 994. The van der Waals surface area contributed by atoms with Crippen LogP contribution in [-0.4, -0.2) is 30.2 Å². The predicted octanol–water partition coefficient (Wildman–Crippen LogP) is 4.10. The molecule has 2 heterocycles. The van der Waals surface area contributed by atoms with Crippen molar-refractivity contribution in [3.05, 3.63) is 54.9 Å². The van der Waals surface area contributed by atoms with Crippen molar-refractivity contribution < 1.29 is 9.15 Å². The third-order valence-corrected chi connectivity index (χ3v) is 3.96. The molecule has 2 aromatic heterocycles. The lowest BCUT2D eigenvalue weighted by Gasteiger charge is -2.07. The van der Waals surface area contributed by atoms with Crippen LogP contribution in [0.2, 0.25) is 0 Å². The van der Waals surface area contributed by atoms with Crippen LogP contribution >= 0.6 is 0 Å². The monoisotopic (exact) mass is 319 g/mol. The van der Waals surface area contributed by atoms with E-state index in [1.165, 1.54) is 0 Å². The van der Waals surface area contributed by atoms with Gasteiger partial charge in [-0.1, -0.05) is 30.3 Å². The first kappa shape index (κ1) is 14.7. The van der Waals surface area contributed by atoms with Gasteiger partial charge in [-0.3, -0.25) is 0 Å². The molecule has 0 saturated carbocycles. The van der Waals surface area contributed by atoms with Gasteiger partial charge < -0.3 is 14.5 Å². The van der Waals surface area contributed by atoms with E-state index in [4.69, 9.17) is 9.15 Å². The van der Waals surface area contributed by atoms with Crippen LogP contribution in [0.15, 0.2) is 59.3 Å². The molecule has 1 N–H and O–H groups in total. The first-order valence-electron chi connectivity index (χ1n) is 7.82. The fraction of sp³-hybridized carbons (Fsp3) is 0.158. The molecule has 0 bridgehead atoms. The van der Waals surface area contributed by atoms with Crippen molar-refractivity contribution in [1.82, 2.24) is 9.97 Å². The molecule has 5 heteroatoms. The molecule has 0 aliphatic heterocycles. The minimum absolute atomic E-state index is 0.626. The summed E-state index contributed by atoms with van der Waals surface area (Å²) in [5.74, 6) is 0.779. The molecule has 0 spiro atoms. The maximum Gasteiger partial charge on any atom is 0.136 e. The predicted molar refractivity (Wildman–Crippen MR) is 95.1 cm³/mol. The zero-order valence-corrected chi connectivity index (χ0v) is 13.3. The van der Waals surface area contributed by atoms with Crippen molar-refractivity contribution in [1.29, 1.82) is 0 Å². The fourth-order valence-corrected chi connectivity index (χ4v) is 2.87. The van der Waals surface area contributed by atoms with Crippen molar-refractivity contribution >= 4 is 27.8 Å². The summed E-state index contributed by atoms with van der Waals surface area (Å²) >= 11 is 0. The summed E-state index contributed by atoms with van der Waals surface area (Å²) in [6, 6.07) is 16.0. The minimum atomic E-state index is 0.626. The van der Waals surface area contributed by atoms with Gasteiger partial charge in [0.05, 0.1) is 12.3 Å². The molecule has 0 aliphatic rings. The average molecular weight is 319 g/mol. The first-order chi connectivity index (χ1) is 11.9. The summed E-state index contributed by atoms with van der Waals surface area (Å²) in [5.41, 5.74) is 3.64. The number of fused-ring (bicyclic) bond motifs is 3. The molecule has 4 aromatic rings. The van der Waals surface area contributed by atoms with Gasteiger partial charge in [0.1, 0.15) is 23.3 Å². The van der Waals surface area contributed by atoms with E-state index in [-0.39, 0.29) is 0 Å². The molecule has 2 aromatic carbocycles. The lowest BCUT2D eigenvalue weighted by atomic mass is 10.0. The van der Waals surface area contributed by atoms with Crippen molar-refractivity contribution in [2.24, 2.45) is 0 Å². The number of hydrogen-bond donors (Lipinski definition) is 1. The second-order valence-corrected chi connectivity index (χ2v) is 5.48. The third-order valence-electron chi connectivity index (χ3n) is 3.96. The van der Waals surface area contributed by atoms with E-state index in [2.05, 4.69) is 27.4 Å². The van der Waals surface area contributed by atoms with Gasteiger partial charge in [0.25, 0.3) is 0 Å². The Morgan fingerprint density at radius 1 is 1.04 bits per heavy atom. The second kappa shape index (κ2) is 6.29. The van der Waals surface area contributed by atoms with E-state index >= 15 is 0 Å². The number of nitrogens with zero attached hydrogens (tertiary/aromatic N) is 2. The van der Waals surface area contributed by atoms with E-state index in [0.717, 1.165) is 39.0 Å². The summed E-state index contributed by atoms with van der Waals surface area (Å²) in [5, 5.41) is 5.41. The van der Waals surface area contributed by atoms with Gasteiger partial charge in [0.15, 0.2) is 0 Å². The summed E-state index contributed by atoms with van der Waals surface area (Å²) < 4.78 is 11.0. The Kier molecular flexibility index (Phi) is 3.84. The Labute approximate surface area is 139 Å². The number of anilines is 1. The zero-order chi connectivity index (χ0) is 16.4. The zero-order valence-electron chi connectivity index (χ0n) is 13.3. The smallest absolute Gasteiger partial charge is 0.136 e. The van der Waals surface area contributed by atoms with Crippen molar-refractivity contribution in [2.45, 2.75) is 0 Å². The molecular weight excluding hydrogens is 302 g/mol. The molecule has 0 amide bonds. The van der Waals surface area contributed by atoms with Crippen molar-refractivity contribution in [3.63, 3.8) is 0 Å². The highest BCUT2D eigenvalue weighted by Crippen LogP contribution is 2.35. The Hall–Kier alpha value is -2.92. The van der Waals surface area contributed by atoms with Crippen LogP contribution in [0.25, 0.3) is 33.2 Å². The summed E-state index contributed by atoms with van der Waals surface area (Å²) in [7, 11) is 1.68. The topological polar surface area (TPSA) is 60.2 Å². The molecule has 0 unspecified atom stereocenters. The van der Waals surface area contributed by atoms with Crippen LogP contribution in [0.1, 0.15) is 0 Å². The van der Waals surface area contributed by atoms with Crippen LogP contribution in [0, 0.1) is 0 Å². The van der Waals surface area contributed by atoms with E-state index < -0.39 is 0 Å². The van der Waals surface area contributed by atoms with E-state index in [0.29, 0.717) is 13.2 Å². The van der Waals surface area contributed by atoms with E-state index in [1.54, 1.807) is 13.4 Å². The number of hydrogen-bond acceptors (Lipinski definition) is 5. The van der Waals surface area contributed by atoms with Gasteiger partial charge in [0.2, 0.25) is 0 Å². The molecule has 0 atom stereocenters. The number of benzene rings is 2. The standard InChI is InChI=1S/C19H17N3O2/c1-23-10-9-20-18-11-15(21-12-22-18)13-6-4-8-17-19(13)14-5-2-3-7-16(14)24-17/h2-8,11-12H,9-10H2,1H3,(H,20,21,22). The largest absolute Gasteiger partial charge is 0.456 e. The number of ether oxygens (including phenoxy) is 1. The summed E-state index contributed by atoms with van der Waals surface area (Å²) in [6.45, 7) is 1.33. The third kappa shape index (κ3) is 2.59. The lowest BCUT2D eigenvalue weighted by molar-refractivity contribution is 0.210. The van der Waals surface area contributed by atoms with Gasteiger partial charge in [-0.25, -0.2) is 9.97 Å². The second-order valence-electron chi connectivity index (χ2n) is 5.48. The highest BCUT2D eigenvalue weighted by molar-refractivity contribution is 6.12. The van der Waals surface area contributed by atoms with Gasteiger partial charge in [-0.15, -0.1) is 0 Å². The normalized spacial score (nSPS) is 11.2. The molecular formula is C19H17N3O2. The van der Waals surface area contributed by atoms with Crippen LogP contribution in [0.4, 0.5) is 5.82 Å². The van der Waals surface area contributed by atoms with Gasteiger partial charge in [0, 0.05) is 36.1 Å². The first-order valence-corrected chi connectivity index (χ1v) is 7.82. The van der Waals surface area contributed by atoms with Crippen LogP contribution in [0.5, 0.6) is 0 Å². The molecule has 0 saturated heterocycles. The number of aromatic nitrogens is 2. The molecule has 4 rings (SSSR count). The number of nitrogens with one attached hydrogen (secondary N) is 1. The number of rotatable bonds is 5. The highest BCUT2D eigenvalue weighted by Gasteiger charge is 2.13. The SMILES string of the molecule is COCCNc1cc(-c2cccc3oc4ccccc4c23)ncn1. The van der Waals surface area contributed by atoms with Crippen LogP contribution in [-0.2, 0) is 4.74 Å². The average Bonchev–Trinajstić information content (AvgIpc) is 3.01. The molecule has 0 fully saturated rings. The van der Waals surface area contributed by atoms with Gasteiger partial charge in [-0.05, 0) is 12.1 Å². The van der Waals surface area contributed by atoms with Crippen LogP contribution in [0.3, 0.4) is 0 Å². The van der Waals surface area contributed by atoms with E-state index in [9.17, 15) is 0 Å². The van der Waals surface area contributed by atoms with E-state index in [1.807, 2.05) is 36.4 Å². The van der Waals surface area contributed by atoms with Gasteiger partial charge >= 0.3 is 0 Å². The number of furan rings is 1.